The monoisotopic (exact) mass is 221 g/mol. The zero-order valence-corrected chi connectivity index (χ0v) is 8.59. The Labute approximate surface area is 92.9 Å². The Kier molecular flexibility index (Phi) is 4.47. The van der Waals surface area contributed by atoms with Crippen molar-refractivity contribution >= 4 is 11.9 Å². The number of carboxylic acids is 2. The molecule has 5 heteroatoms. The second-order valence-electron chi connectivity index (χ2n) is 3.37. The van der Waals surface area contributed by atoms with Crippen LogP contribution >= 0.6 is 0 Å². The molecule has 1 aromatic rings. The molecule has 1 rings (SSSR count). The largest absolute Gasteiger partial charge is 0.549 e. The van der Waals surface area contributed by atoms with Crippen LogP contribution in [-0.2, 0) is 16.1 Å². The van der Waals surface area contributed by atoms with E-state index in [1.807, 2.05) is 6.07 Å². The molecular weight excluding hydrogens is 210 g/mol. The fourth-order valence-corrected chi connectivity index (χ4v) is 1.37. The van der Waals surface area contributed by atoms with Crippen LogP contribution in [0, 0.1) is 0 Å². The van der Waals surface area contributed by atoms with Gasteiger partial charge in [-0.3, -0.25) is 4.90 Å². The number of hydrogen-bond acceptors (Lipinski definition) is 5. The molecule has 0 spiro atoms. The van der Waals surface area contributed by atoms with Gasteiger partial charge in [-0.2, -0.15) is 0 Å². The molecule has 0 aromatic heterocycles. The van der Waals surface area contributed by atoms with Crippen LogP contribution < -0.4 is 10.2 Å². The third-order valence-corrected chi connectivity index (χ3v) is 1.95. The van der Waals surface area contributed by atoms with Crippen molar-refractivity contribution in [2.45, 2.75) is 6.54 Å². The third kappa shape index (κ3) is 4.56. The Morgan fingerprint density at radius 1 is 1.00 bits per heavy atom. The van der Waals surface area contributed by atoms with Crippen molar-refractivity contribution in [3.8, 4) is 0 Å². The zero-order valence-electron chi connectivity index (χ0n) is 8.59. The standard InChI is InChI=1S/C11H13NO4/c13-10(14)7-12(8-11(15)16)6-9-4-2-1-3-5-9/h1-5H,6-8H2,(H,13,14)(H,15,16)/p-2. The van der Waals surface area contributed by atoms with Gasteiger partial charge in [0.15, 0.2) is 0 Å². The van der Waals surface area contributed by atoms with Crippen LogP contribution in [0.15, 0.2) is 30.3 Å². The molecule has 0 fully saturated rings. The lowest BCUT2D eigenvalue weighted by Crippen LogP contribution is -2.43. The highest BCUT2D eigenvalue weighted by Gasteiger charge is 2.06. The van der Waals surface area contributed by atoms with Gasteiger partial charge in [-0.1, -0.05) is 30.3 Å². The maximum Gasteiger partial charge on any atom is 0.0555 e. The minimum atomic E-state index is -1.31. The van der Waals surface area contributed by atoms with E-state index in [0.717, 1.165) is 5.56 Å². The molecule has 0 unspecified atom stereocenters. The molecule has 1 aromatic carbocycles. The quantitative estimate of drug-likeness (QED) is 0.554. The van der Waals surface area contributed by atoms with Gasteiger partial charge in [0.05, 0.1) is 11.9 Å². The Bertz CT molecular complexity index is 348. The smallest absolute Gasteiger partial charge is 0.0555 e. The molecule has 0 aliphatic carbocycles. The van der Waals surface area contributed by atoms with Crippen molar-refractivity contribution in [3.63, 3.8) is 0 Å². The van der Waals surface area contributed by atoms with Crippen molar-refractivity contribution < 1.29 is 19.8 Å². The van der Waals surface area contributed by atoms with Crippen LogP contribution in [0.5, 0.6) is 0 Å². The zero-order chi connectivity index (χ0) is 12.0. The average molecular weight is 221 g/mol. The van der Waals surface area contributed by atoms with Gasteiger partial charge < -0.3 is 19.8 Å². The van der Waals surface area contributed by atoms with Crippen molar-refractivity contribution in [1.29, 1.82) is 0 Å². The van der Waals surface area contributed by atoms with E-state index in [1.54, 1.807) is 24.3 Å². The fourth-order valence-electron chi connectivity index (χ4n) is 1.37. The van der Waals surface area contributed by atoms with E-state index >= 15 is 0 Å². The van der Waals surface area contributed by atoms with Gasteiger partial charge in [0.2, 0.25) is 0 Å². The first kappa shape index (κ1) is 12.2. The number of rotatable bonds is 6. The van der Waals surface area contributed by atoms with Crippen LogP contribution in [-0.4, -0.2) is 29.9 Å². The maximum absolute atomic E-state index is 10.4. The lowest BCUT2D eigenvalue weighted by molar-refractivity contribution is -0.310. The van der Waals surface area contributed by atoms with Gasteiger partial charge in [-0.15, -0.1) is 0 Å². The molecule has 5 nitrogen and oxygen atoms in total. The van der Waals surface area contributed by atoms with E-state index in [2.05, 4.69) is 0 Å². The number of benzene rings is 1. The molecule has 0 atom stereocenters. The molecular formula is C11H11NO4-2. The van der Waals surface area contributed by atoms with Crippen molar-refractivity contribution in [1.82, 2.24) is 4.90 Å². The van der Waals surface area contributed by atoms with E-state index in [1.165, 1.54) is 4.90 Å². The van der Waals surface area contributed by atoms with E-state index in [0.29, 0.717) is 0 Å². The summed E-state index contributed by atoms with van der Waals surface area (Å²) in [5, 5.41) is 20.8. The van der Waals surface area contributed by atoms with Crippen LogP contribution in [0.3, 0.4) is 0 Å². The molecule has 0 aliphatic heterocycles. The maximum atomic E-state index is 10.4. The topological polar surface area (TPSA) is 83.5 Å². The van der Waals surface area contributed by atoms with Gasteiger partial charge in [0.25, 0.3) is 0 Å². The first-order chi connectivity index (χ1) is 7.58. The lowest BCUT2D eigenvalue weighted by Gasteiger charge is -2.23. The average Bonchev–Trinajstić information content (AvgIpc) is 2.16. The summed E-state index contributed by atoms with van der Waals surface area (Å²) in [5.74, 6) is -2.62. The summed E-state index contributed by atoms with van der Waals surface area (Å²) in [6, 6.07) is 9.00. The molecule has 16 heavy (non-hydrogen) atoms. The fraction of sp³-hybridized carbons (Fsp3) is 0.273. The number of aliphatic carboxylic acids is 2. The molecule has 0 bridgehead atoms. The molecule has 0 radical (unpaired) electrons. The van der Waals surface area contributed by atoms with Gasteiger partial charge in [0, 0.05) is 19.6 Å². The van der Waals surface area contributed by atoms with Crippen LogP contribution in [0.4, 0.5) is 0 Å². The molecule has 0 amide bonds. The molecule has 0 heterocycles. The van der Waals surface area contributed by atoms with Gasteiger partial charge >= 0.3 is 0 Å². The predicted molar refractivity (Wildman–Crippen MR) is 51.7 cm³/mol. The first-order valence-corrected chi connectivity index (χ1v) is 4.74. The van der Waals surface area contributed by atoms with Gasteiger partial charge in [-0.05, 0) is 5.56 Å². The lowest BCUT2D eigenvalue weighted by atomic mass is 10.2. The molecule has 0 saturated heterocycles. The minimum absolute atomic E-state index is 0.239. The van der Waals surface area contributed by atoms with E-state index in [4.69, 9.17) is 0 Å². The SMILES string of the molecule is O=C([O-])CN(CC(=O)[O-])Cc1ccccc1. The summed E-state index contributed by atoms with van der Waals surface area (Å²) in [5.41, 5.74) is 0.838. The summed E-state index contributed by atoms with van der Waals surface area (Å²) in [4.78, 5) is 22.1. The van der Waals surface area contributed by atoms with Crippen LogP contribution in [0.1, 0.15) is 5.56 Å². The highest BCUT2D eigenvalue weighted by molar-refractivity contribution is 5.70. The van der Waals surface area contributed by atoms with Crippen molar-refractivity contribution in [2.24, 2.45) is 0 Å². The predicted octanol–water partition coefficient (Wildman–Crippen LogP) is -2.01. The van der Waals surface area contributed by atoms with Gasteiger partial charge in [0.1, 0.15) is 0 Å². The second kappa shape index (κ2) is 5.87. The van der Waals surface area contributed by atoms with E-state index in [9.17, 15) is 19.8 Å². The van der Waals surface area contributed by atoms with Crippen LogP contribution in [0.25, 0.3) is 0 Å². The van der Waals surface area contributed by atoms with E-state index in [-0.39, 0.29) is 6.54 Å². The molecule has 86 valence electrons. The Morgan fingerprint density at radius 3 is 1.94 bits per heavy atom. The Hall–Kier alpha value is -1.88. The number of nitrogens with zero attached hydrogens (tertiary/aromatic N) is 1. The number of carbonyl (C=O) groups excluding carboxylic acids is 2. The Morgan fingerprint density at radius 2 is 1.50 bits per heavy atom. The second-order valence-corrected chi connectivity index (χ2v) is 3.37. The summed E-state index contributed by atoms with van der Waals surface area (Å²) in [6.45, 7) is -0.617. The minimum Gasteiger partial charge on any atom is -0.549 e. The summed E-state index contributed by atoms with van der Waals surface area (Å²) >= 11 is 0. The normalized spacial score (nSPS) is 10.3. The summed E-state index contributed by atoms with van der Waals surface area (Å²) in [6.07, 6.45) is 0. The van der Waals surface area contributed by atoms with Crippen LogP contribution in [0.2, 0.25) is 0 Å². The van der Waals surface area contributed by atoms with E-state index < -0.39 is 25.0 Å². The molecule has 0 saturated carbocycles. The summed E-state index contributed by atoms with van der Waals surface area (Å²) < 4.78 is 0. The molecule has 0 N–H and O–H groups in total. The third-order valence-electron chi connectivity index (χ3n) is 1.95. The summed E-state index contributed by atoms with van der Waals surface area (Å²) in [7, 11) is 0. The Balaban J connectivity index is 2.63. The highest BCUT2D eigenvalue weighted by atomic mass is 16.4. The number of hydrogen-bond donors (Lipinski definition) is 0. The first-order valence-electron chi connectivity index (χ1n) is 4.74. The molecule has 0 aliphatic rings. The number of carbonyl (C=O) groups is 2. The highest BCUT2D eigenvalue weighted by Crippen LogP contribution is 2.03. The van der Waals surface area contributed by atoms with Gasteiger partial charge in [-0.25, -0.2) is 0 Å². The van der Waals surface area contributed by atoms with Crippen molar-refractivity contribution in [3.05, 3.63) is 35.9 Å². The number of carboxylic acid groups (broad SMARTS) is 2. The van der Waals surface area contributed by atoms with Crippen molar-refractivity contribution in [2.75, 3.05) is 13.1 Å².